The first-order valence-corrected chi connectivity index (χ1v) is 10.6. The highest BCUT2D eigenvalue weighted by atomic mass is 19.1. The maximum absolute atomic E-state index is 15.2. The molecule has 0 bridgehead atoms. The number of nitrogens with one attached hydrogen (secondary N) is 2. The van der Waals surface area contributed by atoms with E-state index in [1.807, 2.05) is 20.8 Å². The summed E-state index contributed by atoms with van der Waals surface area (Å²) in [5.41, 5.74) is 1.65. The number of carbonyl (C=O) groups excluding carboxylic acids is 1. The van der Waals surface area contributed by atoms with Crippen molar-refractivity contribution in [2.75, 3.05) is 5.32 Å². The molecule has 0 unspecified atom stereocenters. The van der Waals surface area contributed by atoms with Crippen LogP contribution < -0.4 is 10.6 Å². The molecular formula is C23H25FN8O2. The predicted octanol–water partition coefficient (Wildman–Crippen LogP) is 3.68. The molecule has 0 saturated carbocycles. The molecule has 0 aliphatic rings. The van der Waals surface area contributed by atoms with Gasteiger partial charge < -0.3 is 15.1 Å². The maximum atomic E-state index is 15.2. The van der Waals surface area contributed by atoms with Crippen LogP contribution in [0.15, 0.2) is 41.5 Å². The summed E-state index contributed by atoms with van der Waals surface area (Å²) in [7, 11) is 1.79. The second-order valence-corrected chi connectivity index (χ2v) is 8.83. The molecule has 10 nitrogen and oxygen atoms in total. The molecule has 3 heterocycles. The topological polar surface area (TPSA) is 124 Å². The van der Waals surface area contributed by atoms with Crippen LogP contribution in [0, 0.1) is 12.7 Å². The number of hydrogen-bond donors (Lipinski definition) is 2. The molecule has 11 heteroatoms. The Morgan fingerprint density at radius 2 is 1.97 bits per heavy atom. The number of aryl methyl sites for hydroxylation is 1. The van der Waals surface area contributed by atoms with Crippen LogP contribution in [0.5, 0.6) is 0 Å². The van der Waals surface area contributed by atoms with Gasteiger partial charge in [0.05, 0.1) is 23.6 Å². The van der Waals surface area contributed by atoms with Gasteiger partial charge in [-0.05, 0) is 24.1 Å². The molecular weight excluding hydrogens is 439 g/mol. The Hall–Kier alpha value is -4.15. The standard InChI is InChI=1S/C23H25FN8O2/c1-13-14(8-25-20(33)21-26-10-17(34-21)23(2,3)4)6-7-16(18(13)24)19-27-12-28-22(31-19)30-15-9-29-32(5)11-15/h6-7,9-12H,8H2,1-5H3,(H,25,33)(H,27,28,30,31). The van der Waals surface area contributed by atoms with Crippen LogP contribution in [0.1, 0.15) is 48.3 Å². The SMILES string of the molecule is Cc1c(CNC(=O)c2ncc(C(C)(C)C)o2)ccc(-c2ncnc(Nc3cnn(C)c3)n2)c1F. The number of halogens is 1. The summed E-state index contributed by atoms with van der Waals surface area (Å²) in [6, 6.07) is 3.30. The van der Waals surface area contributed by atoms with Gasteiger partial charge >= 0.3 is 5.91 Å². The fourth-order valence-corrected chi connectivity index (χ4v) is 3.17. The monoisotopic (exact) mass is 464 g/mol. The van der Waals surface area contributed by atoms with Gasteiger partial charge in [0.15, 0.2) is 5.82 Å². The van der Waals surface area contributed by atoms with E-state index in [0.717, 1.165) is 0 Å². The fourth-order valence-electron chi connectivity index (χ4n) is 3.17. The summed E-state index contributed by atoms with van der Waals surface area (Å²) in [6.45, 7) is 7.65. The van der Waals surface area contributed by atoms with Crippen molar-refractivity contribution in [3.8, 4) is 11.4 Å². The Labute approximate surface area is 195 Å². The third kappa shape index (κ3) is 4.92. The van der Waals surface area contributed by atoms with Gasteiger partial charge in [-0.2, -0.15) is 10.1 Å². The molecule has 1 aromatic carbocycles. The molecule has 2 N–H and O–H groups in total. The van der Waals surface area contributed by atoms with Gasteiger partial charge in [-0.25, -0.2) is 19.3 Å². The zero-order chi connectivity index (χ0) is 24.5. The van der Waals surface area contributed by atoms with Crippen LogP contribution in [0.4, 0.5) is 16.0 Å². The lowest BCUT2D eigenvalue weighted by Crippen LogP contribution is -2.23. The number of carbonyl (C=O) groups is 1. The van der Waals surface area contributed by atoms with Crippen LogP contribution >= 0.6 is 0 Å². The number of amides is 1. The molecule has 4 rings (SSSR count). The molecule has 0 aliphatic heterocycles. The van der Waals surface area contributed by atoms with Crippen LogP contribution in [0.3, 0.4) is 0 Å². The first-order chi connectivity index (χ1) is 16.1. The Balaban J connectivity index is 1.48. The number of anilines is 2. The third-order valence-electron chi connectivity index (χ3n) is 5.15. The van der Waals surface area contributed by atoms with E-state index < -0.39 is 11.7 Å². The number of oxazole rings is 1. The number of nitrogens with zero attached hydrogens (tertiary/aromatic N) is 6. The molecule has 34 heavy (non-hydrogen) atoms. The summed E-state index contributed by atoms with van der Waals surface area (Å²) in [5.74, 6) is 0.0934. The second kappa shape index (κ2) is 9.00. The maximum Gasteiger partial charge on any atom is 0.307 e. The summed E-state index contributed by atoms with van der Waals surface area (Å²) >= 11 is 0. The summed E-state index contributed by atoms with van der Waals surface area (Å²) in [5, 5.41) is 9.81. The molecule has 1 amide bonds. The molecule has 176 valence electrons. The lowest BCUT2D eigenvalue weighted by atomic mass is 9.94. The third-order valence-corrected chi connectivity index (χ3v) is 5.15. The minimum Gasteiger partial charge on any atom is -0.437 e. The van der Waals surface area contributed by atoms with Crippen molar-refractivity contribution >= 4 is 17.5 Å². The minimum absolute atomic E-state index is 0.0292. The predicted molar refractivity (Wildman–Crippen MR) is 123 cm³/mol. The molecule has 4 aromatic rings. The second-order valence-electron chi connectivity index (χ2n) is 8.83. The zero-order valence-corrected chi connectivity index (χ0v) is 19.5. The quantitative estimate of drug-likeness (QED) is 0.443. The van der Waals surface area contributed by atoms with E-state index in [2.05, 4.69) is 35.7 Å². The van der Waals surface area contributed by atoms with Crippen molar-refractivity contribution in [1.82, 2.24) is 35.0 Å². The summed E-state index contributed by atoms with van der Waals surface area (Å²) < 4.78 is 22.4. The highest BCUT2D eigenvalue weighted by Crippen LogP contribution is 2.26. The first kappa shape index (κ1) is 23.0. The number of aromatic nitrogens is 6. The van der Waals surface area contributed by atoms with Gasteiger partial charge in [-0.3, -0.25) is 9.48 Å². The zero-order valence-electron chi connectivity index (χ0n) is 19.5. The van der Waals surface area contributed by atoms with Gasteiger partial charge in [0.25, 0.3) is 5.89 Å². The normalized spacial score (nSPS) is 11.5. The summed E-state index contributed by atoms with van der Waals surface area (Å²) in [6.07, 6.45) is 6.24. The Morgan fingerprint density at radius 3 is 2.65 bits per heavy atom. The smallest absolute Gasteiger partial charge is 0.307 e. The van der Waals surface area contributed by atoms with Gasteiger partial charge in [0, 0.05) is 25.2 Å². The highest BCUT2D eigenvalue weighted by Gasteiger charge is 2.22. The van der Waals surface area contributed by atoms with Crippen molar-refractivity contribution in [2.45, 2.75) is 39.7 Å². The highest BCUT2D eigenvalue weighted by molar-refractivity contribution is 5.89. The van der Waals surface area contributed by atoms with Crippen LogP contribution in [-0.2, 0) is 19.0 Å². The van der Waals surface area contributed by atoms with E-state index >= 15 is 4.39 Å². The van der Waals surface area contributed by atoms with E-state index in [0.29, 0.717) is 22.6 Å². The molecule has 0 spiro atoms. The van der Waals surface area contributed by atoms with Gasteiger partial charge in [-0.15, -0.1) is 0 Å². The molecule has 0 aliphatic carbocycles. The van der Waals surface area contributed by atoms with Gasteiger partial charge in [-0.1, -0.05) is 26.8 Å². The number of hydrogen-bond acceptors (Lipinski definition) is 8. The molecule has 3 aromatic heterocycles. The van der Waals surface area contributed by atoms with Crippen LogP contribution in [-0.4, -0.2) is 35.6 Å². The lowest BCUT2D eigenvalue weighted by molar-refractivity contribution is 0.0912. The summed E-state index contributed by atoms with van der Waals surface area (Å²) in [4.78, 5) is 29.0. The first-order valence-electron chi connectivity index (χ1n) is 10.6. The average molecular weight is 465 g/mol. The van der Waals surface area contributed by atoms with Gasteiger partial charge in [0.1, 0.15) is 17.9 Å². The van der Waals surface area contributed by atoms with Crippen LogP contribution in [0.2, 0.25) is 0 Å². The Bertz CT molecular complexity index is 1340. The fraction of sp³-hybridized carbons (Fsp3) is 0.304. The lowest BCUT2D eigenvalue weighted by Gasteiger charge is -2.13. The van der Waals surface area contributed by atoms with Crippen molar-refractivity contribution in [1.29, 1.82) is 0 Å². The van der Waals surface area contributed by atoms with Gasteiger partial charge in [0.2, 0.25) is 5.95 Å². The van der Waals surface area contributed by atoms with E-state index in [1.165, 1.54) is 6.33 Å². The number of rotatable bonds is 6. The van der Waals surface area contributed by atoms with Crippen molar-refractivity contribution in [2.24, 2.45) is 7.05 Å². The van der Waals surface area contributed by atoms with E-state index in [9.17, 15) is 4.79 Å². The average Bonchev–Trinajstić information content (AvgIpc) is 3.44. The van der Waals surface area contributed by atoms with E-state index in [1.54, 1.807) is 49.4 Å². The molecule has 0 fully saturated rings. The molecule has 0 radical (unpaired) electrons. The Morgan fingerprint density at radius 1 is 1.18 bits per heavy atom. The van der Waals surface area contributed by atoms with Crippen molar-refractivity contribution < 1.29 is 13.6 Å². The largest absolute Gasteiger partial charge is 0.437 e. The van der Waals surface area contributed by atoms with E-state index in [-0.39, 0.29) is 35.2 Å². The van der Waals surface area contributed by atoms with E-state index in [4.69, 9.17) is 4.42 Å². The molecule has 0 saturated heterocycles. The van der Waals surface area contributed by atoms with Crippen molar-refractivity contribution in [3.05, 3.63) is 65.6 Å². The Kier molecular flexibility index (Phi) is 6.10. The molecule has 0 atom stereocenters. The minimum atomic E-state index is -0.476. The number of benzene rings is 1. The van der Waals surface area contributed by atoms with Crippen LogP contribution in [0.25, 0.3) is 11.4 Å². The van der Waals surface area contributed by atoms with Crippen molar-refractivity contribution in [3.63, 3.8) is 0 Å².